The summed E-state index contributed by atoms with van der Waals surface area (Å²) in [5.41, 5.74) is 5.38. The number of nitrogens with two attached hydrogens (primary N) is 1. The van der Waals surface area contributed by atoms with Gasteiger partial charge in [0.2, 0.25) is 0 Å². The van der Waals surface area contributed by atoms with Crippen LogP contribution in [0, 0.1) is 5.82 Å². The minimum Gasteiger partial charge on any atom is -0.387 e. The zero-order chi connectivity index (χ0) is 43.2. The molecule has 26 heteroatoms. The normalized spacial score (nSPS) is 31.2. The predicted molar refractivity (Wildman–Crippen MR) is 222 cm³/mol. The molecular weight excluding hydrogens is 858 g/mol. The number of halogens is 1. The SMILES string of the molecule is CCN(CC)CC.CCN(CC)CC.Nc1ncnc2c1ncn2[C@@H]1O[C@@H]2COP(O)(=S)O[C@H]3[C@@H](O)[C@H](n4cc(F)c5c(=O)[nH]cnc54)O[C@@H]3COP(=O)(S)O[C@@H]1[C@@H]2O. The van der Waals surface area contributed by atoms with Gasteiger partial charge < -0.3 is 54.2 Å². The van der Waals surface area contributed by atoms with Crippen LogP contribution in [0.15, 0.2) is 30.0 Å². The van der Waals surface area contributed by atoms with Crippen molar-refractivity contribution in [3.63, 3.8) is 0 Å². The van der Waals surface area contributed by atoms with Crippen LogP contribution in [0.2, 0.25) is 0 Å². The molecule has 6 N–H and O–H groups in total. The van der Waals surface area contributed by atoms with E-state index in [4.69, 9.17) is 45.1 Å². The summed E-state index contributed by atoms with van der Waals surface area (Å²) < 4.78 is 64.8. The second-order valence-corrected chi connectivity index (χ2v) is 19.1. The first-order valence-electron chi connectivity index (χ1n) is 19.1. The van der Waals surface area contributed by atoms with Gasteiger partial charge in [-0.3, -0.25) is 22.9 Å². The van der Waals surface area contributed by atoms with E-state index >= 15 is 0 Å². The summed E-state index contributed by atoms with van der Waals surface area (Å²) in [7, 11) is 0. The van der Waals surface area contributed by atoms with E-state index in [1.54, 1.807) is 0 Å². The highest BCUT2D eigenvalue weighted by Crippen LogP contribution is 2.58. The van der Waals surface area contributed by atoms with Crippen molar-refractivity contribution in [2.75, 3.05) is 58.2 Å². The zero-order valence-electron chi connectivity index (χ0n) is 33.5. The number of nitrogens with one attached hydrogen (secondary N) is 1. The molecule has 0 aliphatic carbocycles. The number of H-pyrrole nitrogens is 1. The Hall–Kier alpha value is -2.51. The first-order valence-corrected chi connectivity index (χ1v) is 24.4. The molecule has 0 aromatic carbocycles. The van der Waals surface area contributed by atoms with E-state index in [2.05, 4.69) is 88.5 Å². The molecule has 4 aromatic heterocycles. The van der Waals surface area contributed by atoms with Gasteiger partial charge in [0.15, 0.2) is 35.4 Å². The molecule has 0 spiro atoms. The Balaban J connectivity index is 0.000000407. The molecule has 4 aromatic rings. The number of imidazole rings is 1. The van der Waals surface area contributed by atoms with Crippen LogP contribution in [-0.4, -0.2) is 148 Å². The molecule has 3 aliphatic rings. The van der Waals surface area contributed by atoms with Gasteiger partial charge in [-0.2, -0.15) is 0 Å². The molecule has 330 valence electrons. The molecule has 2 bridgehead atoms. The van der Waals surface area contributed by atoms with Gasteiger partial charge in [0.05, 0.1) is 25.9 Å². The number of fused-ring (bicyclic) bond motifs is 5. The lowest BCUT2D eigenvalue weighted by Gasteiger charge is -2.27. The van der Waals surface area contributed by atoms with E-state index in [1.807, 2.05) is 0 Å². The number of anilines is 1. The fourth-order valence-electron chi connectivity index (χ4n) is 6.75. The third-order valence-corrected chi connectivity index (χ3v) is 13.3. The molecule has 7 heterocycles. The summed E-state index contributed by atoms with van der Waals surface area (Å²) in [4.78, 5) is 46.3. The maximum Gasteiger partial charge on any atom is 0.386 e. The van der Waals surface area contributed by atoms with Crippen LogP contribution in [0.5, 0.6) is 0 Å². The van der Waals surface area contributed by atoms with Crippen molar-refractivity contribution < 1.29 is 51.6 Å². The molecule has 21 nitrogen and oxygen atoms in total. The van der Waals surface area contributed by atoms with Gasteiger partial charge in [-0.25, -0.2) is 28.9 Å². The number of ether oxygens (including phenoxy) is 2. The number of aromatic amines is 1. The van der Waals surface area contributed by atoms with Crippen molar-refractivity contribution in [1.29, 1.82) is 0 Å². The first-order chi connectivity index (χ1) is 28.0. The van der Waals surface area contributed by atoms with E-state index in [1.165, 1.54) is 56.5 Å². The Kier molecular flexibility index (Phi) is 16.6. The molecule has 59 heavy (non-hydrogen) atoms. The Bertz CT molecular complexity index is 2140. The van der Waals surface area contributed by atoms with Crippen LogP contribution < -0.4 is 11.3 Å². The largest absolute Gasteiger partial charge is 0.387 e. The summed E-state index contributed by atoms with van der Waals surface area (Å²) in [5.74, 6) is -0.871. The van der Waals surface area contributed by atoms with Crippen molar-refractivity contribution in [2.45, 2.75) is 90.6 Å². The fraction of sp³-hybridized carbons (Fsp3) is 0.667. The predicted octanol–water partition coefficient (Wildman–Crippen LogP) is 2.57. The minimum atomic E-state index is -4.38. The molecule has 3 aliphatic heterocycles. The van der Waals surface area contributed by atoms with Crippen LogP contribution in [-0.2, 0) is 43.9 Å². The average molecular weight is 911 g/mol. The fourth-order valence-corrected chi connectivity index (χ4v) is 9.66. The molecular formula is C33H53FN10O11P2S2. The highest BCUT2D eigenvalue weighted by molar-refractivity contribution is 8.44. The van der Waals surface area contributed by atoms with Crippen molar-refractivity contribution in [3.8, 4) is 0 Å². The van der Waals surface area contributed by atoms with Crippen molar-refractivity contribution in [1.82, 2.24) is 43.9 Å². The van der Waals surface area contributed by atoms with Gasteiger partial charge in [0, 0.05) is 6.20 Å². The molecule has 3 saturated heterocycles. The lowest BCUT2D eigenvalue weighted by Crippen LogP contribution is -2.36. The molecule has 10 atom stereocenters. The van der Waals surface area contributed by atoms with Crippen molar-refractivity contribution >= 4 is 65.6 Å². The molecule has 0 radical (unpaired) electrons. The molecule has 0 amide bonds. The maximum atomic E-state index is 14.7. The van der Waals surface area contributed by atoms with Gasteiger partial charge in [-0.05, 0) is 51.1 Å². The summed E-state index contributed by atoms with van der Waals surface area (Å²) in [6.07, 6.45) is -6.96. The lowest BCUT2D eigenvalue weighted by molar-refractivity contribution is -0.0588. The Labute approximate surface area is 350 Å². The number of aromatic nitrogens is 7. The molecule has 7 rings (SSSR count). The highest BCUT2D eigenvalue weighted by Gasteiger charge is 2.53. The second-order valence-electron chi connectivity index (χ2n) is 13.4. The zero-order valence-corrected chi connectivity index (χ0v) is 37.0. The number of thiol groups is 1. The summed E-state index contributed by atoms with van der Waals surface area (Å²) >= 11 is 9.25. The smallest absolute Gasteiger partial charge is 0.386 e. The van der Waals surface area contributed by atoms with Crippen LogP contribution in [0.25, 0.3) is 22.2 Å². The van der Waals surface area contributed by atoms with Gasteiger partial charge in [-0.1, -0.05) is 53.8 Å². The Morgan fingerprint density at radius 3 is 2.10 bits per heavy atom. The van der Waals surface area contributed by atoms with E-state index < -0.39 is 87.2 Å². The topological polar surface area (TPSA) is 260 Å². The Morgan fingerprint density at radius 1 is 0.881 bits per heavy atom. The van der Waals surface area contributed by atoms with Crippen molar-refractivity contribution in [3.05, 3.63) is 41.3 Å². The highest BCUT2D eigenvalue weighted by atomic mass is 32.7. The number of hydrogen-bond acceptors (Lipinski definition) is 18. The third kappa shape index (κ3) is 10.9. The van der Waals surface area contributed by atoms with Crippen molar-refractivity contribution in [2.24, 2.45) is 0 Å². The lowest BCUT2D eigenvalue weighted by atomic mass is 10.1. The number of rotatable bonds is 8. The van der Waals surface area contributed by atoms with Crippen LogP contribution in [0.3, 0.4) is 0 Å². The minimum absolute atomic E-state index is 0.0722. The van der Waals surface area contributed by atoms with E-state index in [-0.39, 0.29) is 28.0 Å². The van der Waals surface area contributed by atoms with Gasteiger partial charge in [0.1, 0.15) is 53.9 Å². The van der Waals surface area contributed by atoms with Gasteiger partial charge in [-0.15, -0.1) is 0 Å². The number of nitrogens with zero attached hydrogens (tertiary/aromatic N) is 8. The quantitative estimate of drug-likeness (QED) is 0.110. The van der Waals surface area contributed by atoms with Crippen LogP contribution in [0.4, 0.5) is 10.2 Å². The van der Waals surface area contributed by atoms with Gasteiger partial charge in [0.25, 0.3) is 5.56 Å². The monoisotopic (exact) mass is 910 g/mol. The molecule has 0 saturated carbocycles. The number of aliphatic hydroxyl groups excluding tert-OH is 2. The van der Waals surface area contributed by atoms with Crippen LogP contribution in [0.1, 0.15) is 54.0 Å². The third-order valence-electron chi connectivity index (χ3n) is 10.1. The summed E-state index contributed by atoms with van der Waals surface area (Å²) in [6, 6.07) is 0. The number of aliphatic hydroxyl groups is 2. The first kappa shape index (κ1) is 47.5. The Morgan fingerprint density at radius 2 is 1.49 bits per heavy atom. The summed E-state index contributed by atoms with van der Waals surface area (Å²) in [6.45, 7) is 10.4. The number of nitrogen functional groups attached to an aromatic ring is 1. The standard InChI is InChI=1S/C21H23FN8O11P2S2.2C6H15N/c22-7-1-29(17-10(7)19(33)27-5-25-17)20-13(32)14-9(39-20)3-37-43(35,45)41-15-12(31)8(2-36-42(34,44)40-14)38-21(15)30-6-28-11-16(23)24-4-26-18(11)30;2*1-4-7(5-2)6-3/h1,4-6,8-9,12-15,20-21,31-32H,2-3H2,(H,34,44)(H,35,45)(H2,23,24,26)(H,25,27,33);2*4-6H2,1-3H3/t8-,9-,12-,13-,14-,15-,20-,21-,42?,43?;;/m1../s1. The maximum absolute atomic E-state index is 14.7. The average Bonchev–Trinajstić information content (AvgIpc) is 3.95. The van der Waals surface area contributed by atoms with E-state index in [0.717, 1.165) is 17.1 Å². The number of hydrogen-bond donors (Lipinski definition) is 6. The second kappa shape index (κ2) is 20.6. The summed E-state index contributed by atoms with van der Waals surface area (Å²) in [5, 5.41) is 22.0. The van der Waals surface area contributed by atoms with Crippen LogP contribution >= 0.6 is 25.8 Å². The molecule has 3 fully saturated rings. The van der Waals surface area contributed by atoms with E-state index in [0.29, 0.717) is 0 Å². The van der Waals surface area contributed by atoms with Gasteiger partial charge >= 0.3 is 13.5 Å². The van der Waals surface area contributed by atoms with E-state index in [9.17, 15) is 28.9 Å². The molecule has 2 unspecified atom stereocenters.